The van der Waals surface area contributed by atoms with Gasteiger partial charge in [-0.25, -0.2) is 4.98 Å². The van der Waals surface area contributed by atoms with E-state index >= 15 is 0 Å². The number of ether oxygens (including phenoxy) is 2. The Morgan fingerprint density at radius 1 is 1.00 bits per heavy atom. The van der Waals surface area contributed by atoms with Gasteiger partial charge in [-0.2, -0.15) is 9.50 Å². The zero-order valence-electron chi connectivity index (χ0n) is 13.7. The molecule has 3 rings (SSSR count). The normalized spacial score (nSPS) is 11.0. The lowest BCUT2D eigenvalue weighted by atomic mass is 10.2. The Hall–Kier alpha value is -2.34. The second-order valence-electron chi connectivity index (χ2n) is 5.20. The fourth-order valence-corrected chi connectivity index (χ4v) is 2.41. The van der Waals surface area contributed by atoms with Crippen LogP contribution < -0.4 is 9.47 Å². The van der Waals surface area contributed by atoms with Crippen LogP contribution >= 0.6 is 11.6 Å². The van der Waals surface area contributed by atoms with Crippen molar-refractivity contribution in [2.45, 2.75) is 26.7 Å². The van der Waals surface area contributed by atoms with Crippen LogP contribution in [0.5, 0.6) is 11.8 Å². The molecule has 0 N–H and O–H groups in total. The van der Waals surface area contributed by atoms with E-state index in [9.17, 15) is 0 Å². The highest BCUT2D eigenvalue weighted by molar-refractivity contribution is 6.30. The number of rotatable bonds is 7. The van der Waals surface area contributed by atoms with Crippen molar-refractivity contribution < 1.29 is 9.47 Å². The topological polar surface area (TPSA) is 61.5 Å². The minimum atomic E-state index is 0.310. The summed E-state index contributed by atoms with van der Waals surface area (Å²) in [6.07, 6.45) is 1.72. The number of benzene rings is 1. The van der Waals surface area contributed by atoms with Crippen LogP contribution in [0.25, 0.3) is 5.78 Å². The van der Waals surface area contributed by atoms with E-state index in [0.717, 1.165) is 30.0 Å². The highest BCUT2D eigenvalue weighted by Gasteiger charge is 2.10. The summed E-state index contributed by atoms with van der Waals surface area (Å²) < 4.78 is 12.9. The Labute approximate surface area is 145 Å². The van der Waals surface area contributed by atoms with Gasteiger partial charge in [0.2, 0.25) is 0 Å². The Morgan fingerprint density at radius 3 is 2.46 bits per heavy atom. The fraction of sp³-hybridized carbons (Fsp3) is 0.353. The van der Waals surface area contributed by atoms with Crippen molar-refractivity contribution in [2.24, 2.45) is 0 Å². The van der Waals surface area contributed by atoms with Gasteiger partial charge in [0.15, 0.2) is 0 Å². The molecule has 0 spiro atoms. The standard InChI is InChI=1S/C17H19ClN4O2/c1-3-13-11-14(4-2)22-16(19-13)20-17(21-22)24-10-9-23-15-7-5-12(18)6-8-15/h5-8,11H,3-4,9-10H2,1-2H3. The Balaban J connectivity index is 1.62. The number of fused-ring (bicyclic) bond motifs is 1. The smallest absolute Gasteiger partial charge is 0.337 e. The van der Waals surface area contributed by atoms with Gasteiger partial charge in [-0.1, -0.05) is 25.4 Å². The molecule has 0 unspecified atom stereocenters. The molecule has 0 aliphatic heterocycles. The van der Waals surface area contributed by atoms with E-state index in [2.05, 4.69) is 35.0 Å². The predicted molar refractivity (Wildman–Crippen MR) is 92.0 cm³/mol. The Morgan fingerprint density at radius 2 is 1.75 bits per heavy atom. The van der Waals surface area contributed by atoms with E-state index in [0.29, 0.717) is 30.0 Å². The minimum absolute atomic E-state index is 0.310. The molecule has 2 aromatic heterocycles. The molecule has 0 amide bonds. The summed E-state index contributed by atoms with van der Waals surface area (Å²) in [5.74, 6) is 1.31. The fourth-order valence-electron chi connectivity index (χ4n) is 2.28. The van der Waals surface area contributed by atoms with E-state index in [1.54, 1.807) is 16.6 Å². The molecule has 0 aliphatic rings. The van der Waals surface area contributed by atoms with Gasteiger partial charge in [0.25, 0.3) is 5.78 Å². The summed E-state index contributed by atoms with van der Waals surface area (Å²) in [5, 5.41) is 5.04. The van der Waals surface area contributed by atoms with Gasteiger partial charge < -0.3 is 9.47 Å². The number of hydrogen-bond donors (Lipinski definition) is 0. The van der Waals surface area contributed by atoms with Crippen molar-refractivity contribution in [3.05, 3.63) is 46.7 Å². The van der Waals surface area contributed by atoms with Crippen LogP contribution in [0.1, 0.15) is 25.2 Å². The van der Waals surface area contributed by atoms with Crippen LogP contribution in [0, 0.1) is 0 Å². The van der Waals surface area contributed by atoms with Gasteiger partial charge in [-0.3, -0.25) is 0 Å². The lowest BCUT2D eigenvalue weighted by Crippen LogP contribution is -2.09. The molecule has 126 valence electrons. The van der Waals surface area contributed by atoms with Crippen molar-refractivity contribution in [1.82, 2.24) is 19.6 Å². The largest absolute Gasteiger partial charge is 0.490 e. The maximum atomic E-state index is 5.83. The maximum Gasteiger partial charge on any atom is 0.337 e. The monoisotopic (exact) mass is 346 g/mol. The SMILES string of the molecule is CCc1cc(CC)n2nc(OCCOc3ccc(Cl)cc3)nc2n1. The van der Waals surface area contributed by atoms with Crippen LogP contribution in [0.15, 0.2) is 30.3 Å². The quantitative estimate of drug-likeness (QED) is 0.614. The first-order chi connectivity index (χ1) is 11.7. The summed E-state index contributed by atoms with van der Waals surface area (Å²) in [6.45, 7) is 4.89. The molecule has 0 bridgehead atoms. The van der Waals surface area contributed by atoms with E-state index < -0.39 is 0 Å². The number of aromatic nitrogens is 4. The summed E-state index contributed by atoms with van der Waals surface area (Å²) in [5.41, 5.74) is 2.07. The van der Waals surface area contributed by atoms with E-state index in [1.807, 2.05) is 12.1 Å². The molecule has 6 nitrogen and oxygen atoms in total. The molecule has 2 heterocycles. The predicted octanol–water partition coefficient (Wildman–Crippen LogP) is 3.36. The van der Waals surface area contributed by atoms with Crippen LogP contribution in [-0.2, 0) is 12.8 Å². The van der Waals surface area contributed by atoms with Gasteiger partial charge >= 0.3 is 6.01 Å². The van der Waals surface area contributed by atoms with Crippen LogP contribution in [0.3, 0.4) is 0 Å². The average molecular weight is 347 g/mol. The van der Waals surface area contributed by atoms with E-state index in [4.69, 9.17) is 21.1 Å². The van der Waals surface area contributed by atoms with Gasteiger partial charge in [-0.05, 0) is 43.2 Å². The molecule has 24 heavy (non-hydrogen) atoms. The van der Waals surface area contributed by atoms with E-state index in [1.165, 1.54) is 0 Å². The Kier molecular flexibility index (Phi) is 5.15. The van der Waals surface area contributed by atoms with E-state index in [-0.39, 0.29) is 0 Å². The molecule has 1 aromatic carbocycles. The van der Waals surface area contributed by atoms with Gasteiger partial charge in [0, 0.05) is 16.4 Å². The third-order valence-corrected chi connectivity index (χ3v) is 3.79. The second-order valence-corrected chi connectivity index (χ2v) is 5.64. The van der Waals surface area contributed by atoms with Crippen LogP contribution in [0.4, 0.5) is 0 Å². The average Bonchev–Trinajstić information content (AvgIpc) is 3.02. The molecular weight excluding hydrogens is 328 g/mol. The highest BCUT2D eigenvalue weighted by Crippen LogP contribution is 2.15. The van der Waals surface area contributed by atoms with Gasteiger partial charge in [0.1, 0.15) is 19.0 Å². The molecule has 0 fully saturated rings. The second kappa shape index (κ2) is 7.49. The minimum Gasteiger partial charge on any atom is -0.490 e. The zero-order valence-corrected chi connectivity index (χ0v) is 14.5. The summed E-state index contributed by atoms with van der Waals surface area (Å²) in [6, 6.07) is 9.56. The molecule has 0 aliphatic carbocycles. The number of nitrogens with zero attached hydrogens (tertiary/aromatic N) is 4. The van der Waals surface area contributed by atoms with Crippen molar-refractivity contribution >= 4 is 17.4 Å². The number of halogens is 1. The molecule has 7 heteroatoms. The summed E-state index contributed by atoms with van der Waals surface area (Å²) >= 11 is 5.83. The Bertz CT molecular complexity index is 817. The van der Waals surface area contributed by atoms with Crippen molar-refractivity contribution in [1.29, 1.82) is 0 Å². The summed E-state index contributed by atoms with van der Waals surface area (Å²) in [7, 11) is 0. The highest BCUT2D eigenvalue weighted by atomic mass is 35.5. The van der Waals surface area contributed by atoms with Crippen molar-refractivity contribution in [3.63, 3.8) is 0 Å². The first-order valence-corrected chi connectivity index (χ1v) is 8.34. The van der Waals surface area contributed by atoms with Crippen molar-refractivity contribution in [3.8, 4) is 11.8 Å². The molecule has 0 radical (unpaired) electrons. The molecular formula is C17H19ClN4O2. The molecule has 0 saturated heterocycles. The molecule has 3 aromatic rings. The lowest BCUT2D eigenvalue weighted by Gasteiger charge is -2.05. The number of hydrogen-bond acceptors (Lipinski definition) is 5. The number of aryl methyl sites for hydroxylation is 2. The molecule has 0 saturated carbocycles. The third-order valence-electron chi connectivity index (χ3n) is 3.54. The van der Waals surface area contributed by atoms with Crippen LogP contribution in [-0.4, -0.2) is 32.8 Å². The van der Waals surface area contributed by atoms with Crippen molar-refractivity contribution in [2.75, 3.05) is 13.2 Å². The molecule has 0 atom stereocenters. The first-order valence-electron chi connectivity index (χ1n) is 7.96. The van der Waals surface area contributed by atoms with Gasteiger partial charge in [0.05, 0.1) is 0 Å². The lowest BCUT2D eigenvalue weighted by molar-refractivity contribution is 0.206. The van der Waals surface area contributed by atoms with Crippen LogP contribution in [0.2, 0.25) is 5.02 Å². The third kappa shape index (κ3) is 3.76. The summed E-state index contributed by atoms with van der Waals surface area (Å²) in [4.78, 5) is 8.80. The zero-order chi connectivity index (χ0) is 16.9. The van der Waals surface area contributed by atoms with Gasteiger partial charge in [-0.15, -0.1) is 5.10 Å². The maximum absolute atomic E-state index is 5.83. The first kappa shape index (κ1) is 16.5.